The molecule has 0 unspecified atom stereocenters. The summed E-state index contributed by atoms with van der Waals surface area (Å²) in [4.78, 5) is 12.1. The van der Waals surface area contributed by atoms with E-state index in [9.17, 15) is 9.18 Å². The maximum Gasteiger partial charge on any atom is 0.265 e. The van der Waals surface area contributed by atoms with E-state index in [1.807, 2.05) is 6.92 Å². The largest absolute Gasteiger partial charge is 0.481 e. The van der Waals surface area contributed by atoms with E-state index in [0.717, 1.165) is 0 Å². The van der Waals surface area contributed by atoms with Gasteiger partial charge in [0.15, 0.2) is 6.10 Å². The predicted octanol–water partition coefficient (Wildman–Crippen LogP) is 4.28. The highest BCUT2D eigenvalue weighted by molar-refractivity contribution is 6.30. The van der Waals surface area contributed by atoms with Crippen LogP contribution >= 0.6 is 11.6 Å². The van der Waals surface area contributed by atoms with Gasteiger partial charge in [0.1, 0.15) is 11.6 Å². The van der Waals surface area contributed by atoms with Gasteiger partial charge in [-0.2, -0.15) is 0 Å². The maximum absolute atomic E-state index is 12.8. The van der Waals surface area contributed by atoms with Crippen LogP contribution in [0.4, 0.5) is 10.1 Å². The summed E-state index contributed by atoms with van der Waals surface area (Å²) in [5.74, 6) is -0.0583. The van der Waals surface area contributed by atoms with Gasteiger partial charge in [-0.15, -0.1) is 0 Å². The average Bonchev–Trinajstić information content (AvgIpc) is 2.49. The van der Waals surface area contributed by atoms with Crippen molar-refractivity contribution >= 4 is 23.2 Å². The highest BCUT2D eigenvalue weighted by atomic mass is 35.5. The first-order chi connectivity index (χ1) is 10.1. The first-order valence-corrected chi connectivity index (χ1v) is 6.95. The van der Waals surface area contributed by atoms with Crippen LogP contribution in [0.5, 0.6) is 5.75 Å². The summed E-state index contributed by atoms with van der Waals surface area (Å²) in [6.45, 7) is 1.85. The Bertz CT molecular complexity index is 599. The molecule has 0 aromatic heterocycles. The monoisotopic (exact) mass is 307 g/mol. The van der Waals surface area contributed by atoms with Crippen molar-refractivity contribution < 1.29 is 13.9 Å². The molecule has 1 amide bonds. The third-order valence-corrected chi connectivity index (χ3v) is 3.12. The van der Waals surface area contributed by atoms with Gasteiger partial charge in [-0.3, -0.25) is 4.79 Å². The van der Waals surface area contributed by atoms with E-state index < -0.39 is 6.10 Å². The van der Waals surface area contributed by atoms with Crippen molar-refractivity contribution in [3.8, 4) is 5.75 Å². The Morgan fingerprint density at radius 2 is 1.81 bits per heavy atom. The van der Waals surface area contributed by atoms with Gasteiger partial charge in [-0.1, -0.05) is 18.5 Å². The number of anilines is 1. The third kappa shape index (κ3) is 4.46. The van der Waals surface area contributed by atoms with Crippen LogP contribution in [-0.4, -0.2) is 12.0 Å². The lowest BCUT2D eigenvalue weighted by Gasteiger charge is -2.17. The lowest BCUT2D eigenvalue weighted by atomic mass is 10.2. The van der Waals surface area contributed by atoms with Crippen LogP contribution in [0.3, 0.4) is 0 Å². The highest BCUT2D eigenvalue weighted by Crippen LogP contribution is 2.18. The molecule has 0 radical (unpaired) electrons. The Morgan fingerprint density at radius 3 is 2.38 bits per heavy atom. The Hall–Kier alpha value is -2.07. The lowest BCUT2D eigenvalue weighted by Crippen LogP contribution is -2.32. The highest BCUT2D eigenvalue weighted by Gasteiger charge is 2.18. The van der Waals surface area contributed by atoms with Gasteiger partial charge in [0.2, 0.25) is 0 Å². The fraction of sp³-hybridized carbons (Fsp3) is 0.188. The number of carbonyl (C=O) groups excluding carboxylic acids is 1. The van der Waals surface area contributed by atoms with Gasteiger partial charge in [0.05, 0.1) is 0 Å². The van der Waals surface area contributed by atoms with Crippen molar-refractivity contribution in [2.75, 3.05) is 5.32 Å². The number of ether oxygens (including phenoxy) is 1. The smallest absolute Gasteiger partial charge is 0.265 e. The molecule has 110 valence electrons. The zero-order valence-electron chi connectivity index (χ0n) is 11.5. The number of hydrogen-bond donors (Lipinski definition) is 1. The van der Waals surface area contributed by atoms with E-state index in [1.165, 1.54) is 24.3 Å². The van der Waals surface area contributed by atoms with Crippen LogP contribution in [-0.2, 0) is 4.79 Å². The number of hydrogen-bond acceptors (Lipinski definition) is 2. The molecular formula is C16H15ClFNO2. The van der Waals surface area contributed by atoms with Crippen molar-refractivity contribution in [2.24, 2.45) is 0 Å². The summed E-state index contributed by atoms with van der Waals surface area (Å²) in [5.41, 5.74) is 0.527. The Balaban J connectivity index is 2.01. The molecule has 0 aliphatic rings. The molecule has 0 heterocycles. The second kappa shape index (κ2) is 7.09. The molecule has 3 nitrogen and oxygen atoms in total. The Kier molecular flexibility index (Phi) is 5.17. The minimum atomic E-state index is -0.628. The van der Waals surface area contributed by atoms with E-state index in [1.54, 1.807) is 24.3 Å². The number of nitrogens with one attached hydrogen (secondary N) is 1. The molecule has 0 bridgehead atoms. The Labute approximate surface area is 127 Å². The fourth-order valence-corrected chi connectivity index (χ4v) is 1.88. The molecule has 1 N–H and O–H groups in total. The molecule has 1 atom stereocenters. The van der Waals surface area contributed by atoms with Crippen molar-refractivity contribution in [1.82, 2.24) is 0 Å². The standard InChI is InChI=1S/C16H15ClFNO2/c1-2-15(21-14-9-3-11(17)4-10-14)16(20)19-13-7-5-12(18)6-8-13/h3-10,15H,2H2,1H3,(H,19,20)/t15-/m1/s1. The summed E-state index contributed by atoms with van der Waals surface area (Å²) < 4.78 is 18.5. The third-order valence-electron chi connectivity index (χ3n) is 2.87. The summed E-state index contributed by atoms with van der Waals surface area (Å²) in [6.07, 6.45) is -0.119. The molecule has 2 aromatic rings. The van der Waals surface area contributed by atoms with Crippen LogP contribution in [0.1, 0.15) is 13.3 Å². The molecule has 21 heavy (non-hydrogen) atoms. The predicted molar refractivity (Wildman–Crippen MR) is 81.2 cm³/mol. The second-order valence-corrected chi connectivity index (χ2v) is 4.90. The molecule has 0 saturated carbocycles. The zero-order chi connectivity index (χ0) is 15.2. The summed E-state index contributed by atoms with van der Waals surface area (Å²) >= 11 is 5.80. The van der Waals surface area contributed by atoms with Crippen LogP contribution in [0.25, 0.3) is 0 Å². The summed E-state index contributed by atoms with van der Waals surface area (Å²) in [5, 5.41) is 3.30. The van der Waals surface area contributed by atoms with Gasteiger partial charge in [-0.25, -0.2) is 4.39 Å². The number of carbonyl (C=O) groups is 1. The molecular weight excluding hydrogens is 293 g/mol. The van der Waals surface area contributed by atoms with Crippen LogP contribution in [0.15, 0.2) is 48.5 Å². The lowest BCUT2D eigenvalue weighted by molar-refractivity contribution is -0.122. The topological polar surface area (TPSA) is 38.3 Å². The second-order valence-electron chi connectivity index (χ2n) is 4.46. The molecule has 2 rings (SSSR count). The SMILES string of the molecule is CC[C@@H](Oc1ccc(Cl)cc1)C(=O)Nc1ccc(F)cc1. The van der Waals surface area contributed by atoms with Gasteiger partial charge < -0.3 is 10.1 Å². The maximum atomic E-state index is 12.8. The first kappa shape index (κ1) is 15.3. The number of halogens is 2. The molecule has 0 saturated heterocycles. The van der Waals surface area contributed by atoms with Crippen LogP contribution < -0.4 is 10.1 Å². The van der Waals surface area contributed by atoms with Crippen LogP contribution in [0.2, 0.25) is 5.02 Å². The van der Waals surface area contributed by atoms with E-state index in [4.69, 9.17) is 16.3 Å². The zero-order valence-corrected chi connectivity index (χ0v) is 12.2. The molecule has 2 aromatic carbocycles. The van der Waals surface area contributed by atoms with E-state index >= 15 is 0 Å². The van der Waals surface area contributed by atoms with Gasteiger partial charge in [0, 0.05) is 10.7 Å². The quantitative estimate of drug-likeness (QED) is 0.895. The summed E-state index contributed by atoms with van der Waals surface area (Å²) in [6, 6.07) is 12.4. The summed E-state index contributed by atoms with van der Waals surface area (Å²) in [7, 11) is 0. The molecule has 0 fully saturated rings. The number of benzene rings is 2. The Morgan fingerprint density at radius 1 is 1.19 bits per heavy atom. The fourth-order valence-electron chi connectivity index (χ4n) is 1.76. The molecule has 0 aliphatic heterocycles. The van der Waals surface area contributed by atoms with Crippen molar-refractivity contribution in [2.45, 2.75) is 19.4 Å². The van der Waals surface area contributed by atoms with E-state index in [2.05, 4.69) is 5.32 Å². The van der Waals surface area contributed by atoms with E-state index in [-0.39, 0.29) is 11.7 Å². The molecule has 0 aliphatic carbocycles. The van der Waals surface area contributed by atoms with Crippen molar-refractivity contribution in [3.05, 3.63) is 59.4 Å². The number of rotatable bonds is 5. The normalized spacial score (nSPS) is 11.8. The van der Waals surface area contributed by atoms with Crippen molar-refractivity contribution in [3.63, 3.8) is 0 Å². The number of amides is 1. The molecule has 0 spiro atoms. The van der Waals surface area contributed by atoms with Gasteiger partial charge in [0.25, 0.3) is 5.91 Å². The minimum Gasteiger partial charge on any atom is -0.481 e. The van der Waals surface area contributed by atoms with Gasteiger partial charge in [-0.05, 0) is 55.0 Å². The van der Waals surface area contributed by atoms with Crippen LogP contribution in [0, 0.1) is 5.82 Å². The van der Waals surface area contributed by atoms with Crippen molar-refractivity contribution in [1.29, 1.82) is 0 Å². The van der Waals surface area contributed by atoms with Gasteiger partial charge >= 0.3 is 0 Å². The average molecular weight is 308 g/mol. The van der Waals surface area contributed by atoms with E-state index in [0.29, 0.717) is 22.9 Å². The minimum absolute atomic E-state index is 0.279. The molecule has 5 heteroatoms. The first-order valence-electron chi connectivity index (χ1n) is 6.57.